The third-order valence-electron chi connectivity index (χ3n) is 15.1. The summed E-state index contributed by atoms with van der Waals surface area (Å²) in [6.45, 7) is 4.31. The summed E-state index contributed by atoms with van der Waals surface area (Å²) in [4.78, 5) is 25.0. The van der Waals surface area contributed by atoms with Gasteiger partial charge in [-0.3, -0.25) is 9.59 Å². The first-order valence-corrected chi connectivity index (χ1v) is 31.6. The molecule has 1 saturated heterocycles. The van der Waals surface area contributed by atoms with Crippen LogP contribution in [0.25, 0.3) is 0 Å². The van der Waals surface area contributed by atoms with Gasteiger partial charge in [0.15, 0.2) is 6.29 Å². The van der Waals surface area contributed by atoms with Crippen LogP contribution in [0.1, 0.15) is 303 Å². The molecule has 1 aliphatic heterocycles. The topological polar surface area (TPSA) is 175 Å². The van der Waals surface area contributed by atoms with Gasteiger partial charge in [0.1, 0.15) is 24.4 Å². The minimum atomic E-state index is -1.57. The maximum atomic E-state index is 13.0. The van der Waals surface area contributed by atoms with Gasteiger partial charge in [-0.25, -0.2) is 0 Å². The molecule has 1 amide bonds. The third kappa shape index (κ3) is 42.2. The standard InChI is InChI=1S/C63H119NO10/c1-3-5-7-9-11-13-14-31-35-39-43-47-51-59(68)72-52-48-44-40-36-32-29-27-25-23-21-19-17-15-16-18-20-22-24-26-28-30-34-38-42-46-50-58(67)64-55(56(66)49-45-41-37-33-12-10-8-6-4-2)54-73-63-62(71)61(70)60(69)57(53-65)74-63/h11,13,45,49,55-57,60-63,65-66,69-71H,3-10,12,14-44,46-48,50-54H2,1-2H3,(H,64,67)/b13-11-,49-45+. The van der Waals surface area contributed by atoms with Gasteiger partial charge in [-0.15, -0.1) is 0 Å². The third-order valence-corrected chi connectivity index (χ3v) is 15.1. The lowest BCUT2D eigenvalue weighted by Gasteiger charge is -2.40. The summed E-state index contributed by atoms with van der Waals surface area (Å²) in [5, 5.41) is 54.2. The molecule has 11 heteroatoms. The Kier molecular flexibility index (Phi) is 50.4. The van der Waals surface area contributed by atoms with Crippen LogP contribution in [0, 0.1) is 0 Å². The van der Waals surface area contributed by atoms with Crippen LogP contribution in [-0.2, 0) is 23.8 Å². The number of hydrogen-bond acceptors (Lipinski definition) is 10. The predicted octanol–water partition coefficient (Wildman–Crippen LogP) is 14.9. The van der Waals surface area contributed by atoms with E-state index in [9.17, 15) is 35.1 Å². The molecule has 0 aromatic carbocycles. The summed E-state index contributed by atoms with van der Waals surface area (Å²) < 4.78 is 16.7. The van der Waals surface area contributed by atoms with E-state index in [1.807, 2.05) is 6.08 Å². The second-order valence-corrected chi connectivity index (χ2v) is 22.1. The predicted molar refractivity (Wildman–Crippen MR) is 306 cm³/mol. The molecule has 0 aromatic heterocycles. The maximum absolute atomic E-state index is 13.0. The van der Waals surface area contributed by atoms with Crippen molar-refractivity contribution < 1.29 is 49.3 Å². The number of amides is 1. The monoisotopic (exact) mass is 1050 g/mol. The summed E-state index contributed by atoms with van der Waals surface area (Å²) in [6, 6.07) is -0.806. The Morgan fingerprint density at radius 1 is 0.486 bits per heavy atom. The van der Waals surface area contributed by atoms with Crippen LogP contribution in [-0.4, -0.2) is 100 Å². The molecule has 0 aromatic rings. The van der Waals surface area contributed by atoms with E-state index < -0.39 is 49.5 Å². The second-order valence-electron chi connectivity index (χ2n) is 22.1. The fraction of sp³-hybridized carbons (Fsp3) is 0.905. The molecule has 7 atom stereocenters. The summed E-state index contributed by atoms with van der Waals surface area (Å²) in [7, 11) is 0. The van der Waals surface area contributed by atoms with E-state index in [4.69, 9.17) is 14.2 Å². The Balaban J connectivity index is 1.96. The van der Waals surface area contributed by atoms with Gasteiger partial charge in [0.25, 0.3) is 0 Å². The summed E-state index contributed by atoms with van der Waals surface area (Å²) in [6.07, 6.45) is 54.4. The van der Waals surface area contributed by atoms with Gasteiger partial charge in [0.05, 0.1) is 32.0 Å². The number of aliphatic hydroxyl groups excluding tert-OH is 5. The zero-order valence-corrected chi connectivity index (χ0v) is 48.1. The van der Waals surface area contributed by atoms with E-state index >= 15 is 0 Å². The molecular formula is C63H119NO10. The smallest absolute Gasteiger partial charge is 0.305 e. The lowest BCUT2D eigenvalue weighted by molar-refractivity contribution is -0.302. The SMILES string of the molecule is CCCCC/C=C\CCCCCCCC(=O)OCCCCCCCCCCCCCCCCCCCCCCCCCCCC(=O)NC(COC1OC(CO)C(O)C(O)C1O)C(O)/C=C/CCCCCCCCC. The first-order valence-electron chi connectivity index (χ1n) is 31.6. The first-order chi connectivity index (χ1) is 36.2. The summed E-state index contributed by atoms with van der Waals surface area (Å²) in [5.74, 6) is -0.186. The van der Waals surface area contributed by atoms with Crippen LogP contribution in [0.5, 0.6) is 0 Å². The van der Waals surface area contributed by atoms with Crippen molar-refractivity contribution in [3.63, 3.8) is 0 Å². The highest BCUT2D eigenvalue weighted by Crippen LogP contribution is 2.23. The molecule has 0 spiro atoms. The molecule has 0 bridgehead atoms. The normalized spacial score (nSPS) is 18.9. The molecule has 1 rings (SSSR count). The van der Waals surface area contributed by atoms with Gasteiger partial charge in [0, 0.05) is 12.8 Å². The van der Waals surface area contributed by atoms with E-state index in [2.05, 4.69) is 31.3 Å². The molecule has 74 heavy (non-hydrogen) atoms. The molecule has 0 saturated carbocycles. The molecule has 0 radical (unpaired) electrons. The molecule has 436 valence electrons. The van der Waals surface area contributed by atoms with Crippen LogP contribution < -0.4 is 5.32 Å². The molecule has 1 heterocycles. The van der Waals surface area contributed by atoms with Crippen molar-refractivity contribution in [2.45, 2.75) is 346 Å². The number of carbonyl (C=O) groups excluding carboxylic acids is 2. The fourth-order valence-corrected chi connectivity index (χ4v) is 10.0. The maximum Gasteiger partial charge on any atom is 0.305 e. The van der Waals surface area contributed by atoms with Gasteiger partial charge >= 0.3 is 5.97 Å². The van der Waals surface area contributed by atoms with Crippen LogP contribution in [0.3, 0.4) is 0 Å². The number of hydrogen-bond donors (Lipinski definition) is 6. The molecule has 1 fully saturated rings. The van der Waals surface area contributed by atoms with Crippen molar-refractivity contribution in [1.82, 2.24) is 5.32 Å². The lowest BCUT2D eigenvalue weighted by Crippen LogP contribution is -2.60. The number of allylic oxidation sites excluding steroid dienone is 3. The van der Waals surface area contributed by atoms with Crippen molar-refractivity contribution in [2.75, 3.05) is 19.8 Å². The molecule has 6 N–H and O–H groups in total. The molecule has 1 aliphatic rings. The first kappa shape index (κ1) is 70.2. The van der Waals surface area contributed by atoms with Gasteiger partial charge < -0.3 is 45.1 Å². The summed E-state index contributed by atoms with van der Waals surface area (Å²) in [5.41, 5.74) is 0. The highest BCUT2D eigenvalue weighted by atomic mass is 16.7. The van der Waals surface area contributed by atoms with Crippen LogP contribution in [0.4, 0.5) is 0 Å². The second kappa shape index (κ2) is 53.2. The Morgan fingerprint density at radius 3 is 1.32 bits per heavy atom. The quantitative estimate of drug-likeness (QED) is 0.0195. The van der Waals surface area contributed by atoms with E-state index in [-0.39, 0.29) is 18.5 Å². The van der Waals surface area contributed by atoms with Crippen molar-refractivity contribution in [3.05, 3.63) is 24.3 Å². The van der Waals surface area contributed by atoms with E-state index in [1.165, 1.54) is 218 Å². The van der Waals surface area contributed by atoms with Crippen LogP contribution >= 0.6 is 0 Å². The Morgan fingerprint density at radius 2 is 0.865 bits per heavy atom. The van der Waals surface area contributed by atoms with Crippen molar-refractivity contribution in [1.29, 1.82) is 0 Å². The number of unbranched alkanes of at least 4 members (excludes halogenated alkanes) is 39. The molecule has 0 aliphatic carbocycles. The van der Waals surface area contributed by atoms with Gasteiger partial charge in [-0.1, -0.05) is 256 Å². The highest BCUT2D eigenvalue weighted by molar-refractivity contribution is 5.76. The zero-order valence-electron chi connectivity index (χ0n) is 48.1. The average molecular weight is 1050 g/mol. The number of nitrogens with one attached hydrogen (secondary N) is 1. The van der Waals surface area contributed by atoms with Crippen molar-refractivity contribution >= 4 is 11.9 Å². The van der Waals surface area contributed by atoms with E-state index in [0.29, 0.717) is 19.4 Å². The Hall–Kier alpha value is -1.86. The van der Waals surface area contributed by atoms with E-state index in [1.54, 1.807) is 6.08 Å². The van der Waals surface area contributed by atoms with Crippen LogP contribution in [0.15, 0.2) is 24.3 Å². The number of esters is 1. The van der Waals surface area contributed by atoms with Crippen LogP contribution in [0.2, 0.25) is 0 Å². The fourth-order valence-electron chi connectivity index (χ4n) is 10.0. The average Bonchev–Trinajstić information content (AvgIpc) is 3.40. The molecular weight excluding hydrogens is 931 g/mol. The molecule has 7 unspecified atom stereocenters. The Bertz CT molecular complexity index is 1280. The summed E-state index contributed by atoms with van der Waals surface area (Å²) >= 11 is 0. The minimum Gasteiger partial charge on any atom is -0.466 e. The van der Waals surface area contributed by atoms with Crippen molar-refractivity contribution in [3.8, 4) is 0 Å². The van der Waals surface area contributed by atoms with Gasteiger partial charge in [0.2, 0.25) is 5.91 Å². The van der Waals surface area contributed by atoms with Gasteiger partial charge in [-0.2, -0.15) is 0 Å². The number of carbonyl (C=O) groups is 2. The van der Waals surface area contributed by atoms with Gasteiger partial charge in [-0.05, 0) is 57.8 Å². The number of rotatable bonds is 55. The number of ether oxygens (including phenoxy) is 3. The highest BCUT2D eigenvalue weighted by Gasteiger charge is 2.44. The zero-order chi connectivity index (χ0) is 53.8. The van der Waals surface area contributed by atoms with Crippen molar-refractivity contribution in [2.24, 2.45) is 0 Å². The minimum absolute atomic E-state index is 0.00423. The lowest BCUT2D eigenvalue weighted by atomic mass is 9.99. The molecule has 11 nitrogen and oxygen atoms in total. The largest absolute Gasteiger partial charge is 0.466 e. The van der Waals surface area contributed by atoms with E-state index in [0.717, 1.165) is 57.8 Å². The number of aliphatic hydroxyl groups is 5. The Labute approximate surface area is 454 Å².